The van der Waals surface area contributed by atoms with Crippen LogP contribution in [0.2, 0.25) is 0 Å². The molecule has 0 saturated heterocycles. The van der Waals surface area contributed by atoms with E-state index in [0.717, 1.165) is 6.42 Å². The zero-order valence-corrected chi connectivity index (χ0v) is 3.97. The van der Waals surface area contributed by atoms with Crippen LogP contribution in [0.15, 0.2) is 0 Å². The van der Waals surface area contributed by atoms with Gasteiger partial charge in [0.25, 0.3) is 0 Å². The fourth-order valence-corrected chi connectivity index (χ4v) is 0. The van der Waals surface area contributed by atoms with Crippen molar-refractivity contribution in [1.29, 1.82) is 0 Å². The van der Waals surface area contributed by atoms with Crippen molar-refractivity contribution in [3.63, 3.8) is 0 Å². The third kappa shape index (κ3) is 19.0. The fourth-order valence-electron chi connectivity index (χ4n) is 0. The van der Waals surface area contributed by atoms with Crippen molar-refractivity contribution in [2.45, 2.75) is 13.3 Å². The van der Waals surface area contributed by atoms with E-state index in [4.69, 9.17) is 1.37 Å². The quantitative estimate of drug-likeness (QED) is 0.397. The van der Waals surface area contributed by atoms with Crippen LogP contribution >= 0.6 is 0 Å². The molecule has 0 heterocycles. The second kappa shape index (κ2) is 9.54. The predicted octanol–water partition coefficient (Wildman–Crippen LogP) is 1.23. The van der Waals surface area contributed by atoms with Crippen molar-refractivity contribution in [3.05, 3.63) is 6.92 Å². The first-order valence-corrected chi connectivity index (χ1v) is 1.000. The van der Waals surface area contributed by atoms with Gasteiger partial charge in [0.2, 0.25) is 0 Å². The van der Waals surface area contributed by atoms with Crippen molar-refractivity contribution >= 4 is 0 Å². The Morgan fingerprint density at radius 2 is 2.50 bits per heavy atom. The van der Waals surface area contributed by atoms with Crippen molar-refractivity contribution in [2.75, 3.05) is 0 Å². The Kier molecular flexibility index (Phi) is 10.9. The van der Waals surface area contributed by atoms with E-state index in [9.17, 15) is 0 Å². The average molecular weight is 95.0 g/mol. The zero-order chi connectivity index (χ0) is 3.41. The average Bonchev–Trinajstić information content (AvgIpc) is 1.37. The van der Waals surface area contributed by atoms with E-state index in [1.165, 1.54) is 0 Å². The molecule has 0 aliphatic rings. The molecule has 1 radical (unpaired) electrons. The SMILES string of the molecule is [2H]CC[CH2-].[V]. The van der Waals surface area contributed by atoms with Gasteiger partial charge < -0.3 is 6.92 Å². The van der Waals surface area contributed by atoms with Gasteiger partial charge in [0.05, 0.1) is 0 Å². The molecular weight excluding hydrogens is 87.0 g/mol. The Hall–Kier alpha value is 0.584. The topological polar surface area (TPSA) is 0 Å². The van der Waals surface area contributed by atoms with Gasteiger partial charge in [-0.15, -0.1) is 0 Å². The Labute approximate surface area is 40.9 Å². The molecule has 1 heteroatoms. The van der Waals surface area contributed by atoms with Gasteiger partial charge in [-0.05, 0) is 0 Å². The molecule has 0 N–H and O–H groups in total. The molecule has 0 atom stereocenters. The van der Waals surface area contributed by atoms with E-state index in [2.05, 4.69) is 6.92 Å². The molecule has 0 aromatic carbocycles. The Morgan fingerprint density at radius 1 is 2.25 bits per heavy atom. The molecule has 4 heavy (non-hydrogen) atoms. The molecule has 25 valence electrons. The summed E-state index contributed by atoms with van der Waals surface area (Å²) in [5.41, 5.74) is 0. The summed E-state index contributed by atoms with van der Waals surface area (Å²) in [6, 6.07) is 0. The summed E-state index contributed by atoms with van der Waals surface area (Å²) < 4.78 is 6.39. The summed E-state index contributed by atoms with van der Waals surface area (Å²) in [6.07, 6.45) is 0.736. The Morgan fingerprint density at radius 3 is 2.50 bits per heavy atom. The van der Waals surface area contributed by atoms with Crippen LogP contribution < -0.4 is 0 Å². The monoisotopic (exact) mass is 95.0 g/mol. The van der Waals surface area contributed by atoms with Gasteiger partial charge in [-0.1, -0.05) is 6.90 Å². The van der Waals surface area contributed by atoms with Gasteiger partial charge in [0.15, 0.2) is 0 Å². The minimum Gasteiger partial charge on any atom is -0.344 e. The molecule has 0 saturated carbocycles. The number of rotatable bonds is 0. The normalized spacial score (nSPS) is 7.75. The molecule has 0 nitrogen and oxygen atoms in total. The fraction of sp³-hybridized carbons (Fsp3) is 0.667. The van der Waals surface area contributed by atoms with Crippen LogP contribution in [0.4, 0.5) is 0 Å². The zero-order valence-electron chi connectivity index (χ0n) is 3.57. The molecule has 0 aromatic rings. The minimum atomic E-state index is 0. The predicted molar refractivity (Wildman–Crippen MR) is 15.6 cm³/mol. The van der Waals surface area contributed by atoms with E-state index in [-0.39, 0.29) is 18.6 Å². The van der Waals surface area contributed by atoms with Crippen molar-refractivity contribution in [3.8, 4) is 0 Å². The molecule has 0 bridgehead atoms. The molecule has 0 unspecified atom stereocenters. The van der Waals surface area contributed by atoms with Gasteiger partial charge in [0, 0.05) is 19.9 Å². The third-order valence-corrected chi connectivity index (χ3v) is 0. The number of hydrogen-bond donors (Lipinski definition) is 0. The van der Waals surface area contributed by atoms with Crippen molar-refractivity contribution < 1.29 is 19.9 Å². The van der Waals surface area contributed by atoms with E-state index >= 15 is 0 Å². The van der Waals surface area contributed by atoms with Crippen LogP contribution in [0.5, 0.6) is 0 Å². The maximum absolute atomic E-state index is 6.39. The molecule has 0 spiro atoms. The first-order chi connectivity index (χ1) is 1.91. The molecule has 0 aliphatic heterocycles. The molecule has 0 aromatic heterocycles. The summed E-state index contributed by atoms with van der Waals surface area (Å²) in [7, 11) is 0. The van der Waals surface area contributed by atoms with Crippen molar-refractivity contribution in [1.82, 2.24) is 0 Å². The van der Waals surface area contributed by atoms with Gasteiger partial charge in [-0.25, -0.2) is 0 Å². The summed E-state index contributed by atoms with van der Waals surface area (Å²) in [4.78, 5) is 0. The summed E-state index contributed by atoms with van der Waals surface area (Å²) in [5, 5.41) is 0. The van der Waals surface area contributed by atoms with E-state index < -0.39 is 0 Å². The Bertz CT molecular complexity index is 8.85. The van der Waals surface area contributed by atoms with Gasteiger partial charge in [0.1, 0.15) is 0 Å². The second-order valence-corrected chi connectivity index (χ2v) is 0.354. The summed E-state index contributed by atoms with van der Waals surface area (Å²) in [5.74, 6) is 0. The first-order valence-electron chi connectivity index (χ1n) is 1.71. The summed E-state index contributed by atoms with van der Waals surface area (Å²) in [6.45, 7) is 3.88. The third-order valence-electron chi connectivity index (χ3n) is 0. The summed E-state index contributed by atoms with van der Waals surface area (Å²) >= 11 is 0. The van der Waals surface area contributed by atoms with Crippen LogP contribution in [0.25, 0.3) is 0 Å². The number of hydrogen-bond acceptors (Lipinski definition) is 0. The molecule has 0 fully saturated rings. The Balaban J connectivity index is 0. The van der Waals surface area contributed by atoms with Crippen LogP contribution in [0.1, 0.15) is 14.7 Å². The van der Waals surface area contributed by atoms with Gasteiger partial charge >= 0.3 is 0 Å². The van der Waals surface area contributed by atoms with E-state index in [1.54, 1.807) is 0 Å². The minimum absolute atomic E-state index is 0. The van der Waals surface area contributed by atoms with Crippen LogP contribution in [0.3, 0.4) is 0 Å². The molecule has 0 amide bonds. The largest absolute Gasteiger partial charge is 0.344 e. The first kappa shape index (κ1) is 4.58. The van der Waals surface area contributed by atoms with Crippen LogP contribution in [0, 0.1) is 6.92 Å². The van der Waals surface area contributed by atoms with Crippen LogP contribution in [-0.2, 0) is 18.6 Å². The van der Waals surface area contributed by atoms with E-state index in [1.807, 2.05) is 0 Å². The standard InChI is InChI=1S/C3H7.V/c1-3-2;/h1,3H2,2H3;/q-1;/i2D;. The van der Waals surface area contributed by atoms with Crippen LogP contribution in [-0.4, -0.2) is 0 Å². The molecule has 0 rings (SSSR count). The van der Waals surface area contributed by atoms with Crippen molar-refractivity contribution in [2.24, 2.45) is 0 Å². The van der Waals surface area contributed by atoms with Gasteiger partial charge in [-0.3, -0.25) is 0 Å². The van der Waals surface area contributed by atoms with E-state index in [0.29, 0.717) is 6.90 Å². The van der Waals surface area contributed by atoms with Gasteiger partial charge in [-0.2, -0.15) is 6.42 Å². The molecular formula is C3H7V-. The second-order valence-electron chi connectivity index (χ2n) is 0.354. The maximum Gasteiger partial charge on any atom is 0.0204 e. The maximum atomic E-state index is 6.39. The smallest absolute Gasteiger partial charge is 0.0204 e. The molecule has 0 aliphatic carbocycles.